The molecule has 0 spiro atoms. The summed E-state index contributed by atoms with van der Waals surface area (Å²) >= 11 is 0. The normalized spacial score (nSPS) is 20.5. The van der Waals surface area contributed by atoms with E-state index in [0.717, 1.165) is 0 Å². The van der Waals surface area contributed by atoms with Crippen LogP contribution in [0.1, 0.15) is 46.1 Å². The molecule has 1 aromatic rings. The molecule has 1 aliphatic rings. The van der Waals surface area contributed by atoms with Gasteiger partial charge in [-0.05, 0) is 26.7 Å². The Morgan fingerprint density at radius 3 is 2.56 bits per heavy atom. The third-order valence-electron chi connectivity index (χ3n) is 3.85. The van der Waals surface area contributed by atoms with Crippen LogP contribution in [0.25, 0.3) is 0 Å². The Balaban J connectivity index is 2.18. The molecule has 2 heterocycles. The highest BCUT2D eigenvalue weighted by Gasteiger charge is 2.30. The predicted octanol–water partition coefficient (Wildman–Crippen LogP) is 0.245. The van der Waals surface area contributed by atoms with Crippen LogP contribution in [0.3, 0.4) is 0 Å². The monoisotopic (exact) mass is 350 g/mol. The summed E-state index contributed by atoms with van der Waals surface area (Å²) in [5.41, 5.74) is 0.655. The summed E-state index contributed by atoms with van der Waals surface area (Å²) in [5, 5.41) is 15.5. The standard InChI is InChI=1S/C16H26N6O3/c1-8(2)11-7-13(23)20-16(18-11)22-12(6-10(5)21-22)19-15(25)14(24)17-9(3)4/h6,8-9,11,16,18H,7H2,1-5H3,(H,17,24)(H,19,25)(H,20,23). The van der Waals surface area contributed by atoms with Gasteiger partial charge in [-0.15, -0.1) is 0 Å². The number of anilines is 1. The van der Waals surface area contributed by atoms with E-state index in [4.69, 9.17) is 0 Å². The van der Waals surface area contributed by atoms with Crippen LogP contribution in [0, 0.1) is 12.8 Å². The SMILES string of the molecule is Cc1cc(NC(=O)C(=O)NC(C)C)n(C2NC(=O)CC(C(C)C)N2)n1. The van der Waals surface area contributed by atoms with Gasteiger partial charge in [0, 0.05) is 24.6 Å². The minimum absolute atomic E-state index is 0.00366. The zero-order valence-corrected chi connectivity index (χ0v) is 15.2. The van der Waals surface area contributed by atoms with Crippen molar-refractivity contribution in [3.8, 4) is 0 Å². The summed E-state index contributed by atoms with van der Waals surface area (Å²) in [6, 6.07) is 1.50. The zero-order chi connectivity index (χ0) is 18.7. The van der Waals surface area contributed by atoms with Crippen LogP contribution < -0.4 is 21.3 Å². The summed E-state index contributed by atoms with van der Waals surface area (Å²) in [6.45, 7) is 9.37. The maximum Gasteiger partial charge on any atom is 0.314 e. The molecule has 4 N–H and O–H groups in total. The van der Waals surface area contributed by atoms with E-state index in [9.17, 15) is 14.4 Å². The smallest absolute Gasteiger partial charge is 0.314 e. The Bertz CT molecular complexity index is 667. The lowest BCUT2D eigenvalue weighted by atomic mass is 9.99. The fourth-order valence-corrected chi connectivity index (χ4v) is 2.58. The Morgan fingerprint density at radius 1 is 1.28 bits per heavy atom. The van der Waals surface area contributed by atoms with Crippen molar-refractivity contribution in [1.29, 1.82) is 0 Å². The first-order chi connectivity index (χ1) is 11.7. The van der Waals surface area contributed by atoms with Crippen molar-refractivity contribution in [3.63, 3.8) is 0 Å². The molecule has 1 aromatic heterocycles. The molecule has 1 saturated heterocycles. The fraction of sp³-hybridized carbons (Fsp3) is 0.625. The number of nitrogens with zero attached hydrogens (tertiary/aromatic N) is 2. The van der Waals surface area contributed by atoms with Crippen molar-refractivity contribution in [2.45, 2.75) is 59.4 Å². The summed E-state index contributed by atoms with van der Waals surface area (Å²) in [7, 11) is 0. The third kappa shape index (κ3) is 4.79. The number of carbonyl (C=O) groups is 3. The molecule has 1 fully saturated rings. The van der Waals surface area contributed by atoms with Gasteiger partial charge in [0.15, 0.2) is 6.29 Å². The molecule has 2 unspecified atom stereocenters. The molecule has 9 heteroatoms. The van der Waals surface area contributed by atoms with E-state index in [1.807, 2.05) is 13.8 Å². The zero-order valence-electron chi connectivity index (χ0n) is 15.2. The third-order valence-corrected chi connectivity index (χ3v) is 3.85. The van der Waals surface area contributed by atoms with Crippen LogP contribution in [-0.4, -0.2) is 39.6 Å². The van der Waals surface area contributed by atoms with Crippen molar-refractivity contribution in [3.05, 3.63) is 11.8 Å². The van der Waals surface area contributed by atoms with E-state index < -0.39 is 18.1 Å². The van der Waals surface area contributed by atoms with E-state index in [2.05, 4.69) is 26.4 Å². The van der Waals surface area contributed by atoms with Crippen LogP contribution in [0.2, 0.25) is 0 Å². The molecule has 3 amide bonds. The molecule has 0 saturated carbocycles. The van der Waals surface area contributed by atoms with Crippen LogP contribution in [0.15, 0.2) is 6.07 Å². The van der Waals surface area contributed by atoms with Crippen molar-refractivity contribution in [2.24, 2.45) is 5.92 Å². The van der Waals surface area contributed by atoms with Crippen molar-refractivity contribution in [2.75, 3.05) is 5.32 Å². The Kier molecular flexibility index (Phi) is 5.78. The maximum absolute atomic E-state index is 12.1. The first kappa shape index (κ1) is 18.9. The molecule has 25 heavy (non-hydrogen) atoms. The van der Waals surface area contributed by atoms with E-state index in [1.54, 1.807) is 26.8 Å². The highest BCUT2D eigenvalue weighted by atomic mass is 16.2. The molecule has 2 atom stereocenters. The second-order valence-electron chi connectivity index (χ2n) is 6.89. The summed E-state index contributed by atoms with van der Waals surface area (Å²) in [5.74, 6) is -0.993. The maximum atomic E-state index is 12.1. The van der Waals surface area contributed by atoms with Gasteiger partial charge >= 0.3 is 11.8 Å². The molecule has 2 rings (SSSR count). The topological polar surface area (TPSA) is 117 Å². The molecule has 9 nitrogen and oxygen atoms in total. The van der Waals surface area contributed by atoms with Crippen LogP contribution in [-0.2, 0) is 14.4 Å². The number of amides is 3. The second-order valence-corrected chi connectivity index (χ2v) is 6.89. The number of rotatable bonds is 4. The number of nitrogens with one attached hydrogen (secondary N) is 4. The van der Waals surface area contributed by atoms with Gasteiger partial charge in [0.1, 0.15) is 5.82 Å². The van der Waals surface area contributed by atoms with Gasteiger partial charge in [-0.3, -0.25) is 19.7 Å². The van der Waals surface area contributed by atoms with Gasteiger partial charge in [-0.1, -0.05) is 13.8 Å². The number of carbonyl (C=O) groups excluding carboxylic acids is 3. The Morgan fingerprint density at radius 2 is 1.96 bits per heavy atom. The van der Waals surface area contributed by atoms with Crippen LogP contribution >= 0.6 is 0 Å². The quantitative estimate of drug-likeness (QED) is 0.581. The Hall–Kier alpha value is -2.42. The summed E-state index contributed by atoms with van der Waals surface area (Å²) in [6.07, 6.45) is -0.210. The molecular weight excluding hydrogens is 324 g/mol. The Labute approximate surface area is 146 Å². The van der Waals surface area contributed by atoms with E-state index in [-0.39, 0.29) is 23.9 Å². The highest BCUT2D eigenvalue weighted by Crippen LogP contribution is 2.19. The molecule has 138 valence electrons. The molecule has 0 radical (unpaired) electrons. The van der Waals surface area contributed by atoms with Gasteiger partial charge in [-0.25, -0.2) is 4.68 Å². The predicted molar refractivity (Wildman–Crippen MR) is 92.4 cm³/mol. The largest absolute Gasteiger partial charge is 0.346 e. The van der Waals surface area contributed by atoms with E-state index in [0.29, 0.717) is 17.9 Å². The van der Waals surface area contributed by atoms with E-state index >= 15 is 0 Å². The van der Waals surface area contributed by atoms with E-state index in [1.165, 1.54) is 4.68 Å². The first-order valence-electron chi connectivity index (χ1n) is 8.40. The molecule has 1 aliphatic heterocycles. The van der Waals surface area contributed by atoms with Crippen molar-refractivity contribution < 1.29 is 14.4 Å². The lowest BCUT2D eigenvalue weighted by Crippen LogP contribution is -2.55. The van der Waals surface area contributed by atoms with Gasteiger partial charge in [-0.2, -0.15) is 5.10 Å². The average molecular weight is 350 g/mol. The highest BCUT2D eigenvalue weighted by molar-refractivity contribution is 6.39. The molecule has 0 bridgehead atoms. The number of aryl methyl sites for hydroxylation is 1. The number of hydrogen-bond donors (Lipinski definition) is 4. The van der Waals surface area contributed by atoms with Crippen LogP contribution in [0.5, 0.6) is 0 Å². The second kappa shape index (κ2) is 7.64. The van der Waals surface area contributed by atoms with Crippen molar-refractivity contribution in [1.82, 2.24) is 25.7 Å². The fourth-order valence-electron chi connectivity index (χ4n) is 2.58. The van der Waals surface area contributed by atoms with Gasteiger partial charge in [0.2, 0.25) is 5.91 Å². The number of hydrogen-bond acceptors (Lipinski definition) is 5. The molecule has 0 aliphatic carbocycles. The average Bonchev–Trinajstić information content (AvgIpc) is 2.86. The minimum Gasteiger partial charge on any atom is -0.346 e. The number of aromatic nitrogens is 2. The minimum atomic E-state index is -0.780. The molecular formula is C16H26N6O3. The summed E-state index contributed by atoms with van der Waals surface area (Å²) in [4.78, 5) is 35.9. The van der Waals surface area contributed by atoms with Crippen molar-refractivity contribution >= 4 is 23.5 Å². The van der Waals surface area contributed by atoms with Crippen LogP contribution in [0.4, 0.5) is 5.82 Å². The van der Waals surface area contributed by atoms with Gasteiger partial charge in [0.25, 0.3) is 0 Å². The lowest BCUT2D eigenvalue weighted by molar-refractivity contribution is -0.136. The van der Waals surface area contributed by atoms with Gasteiger partial charge < -0.3 is 16.0 Å². The van der Waals surface area contributed by atoms with Gasteiger partial charge in [0.05, 0.1) is 5.69 Å². The lowest BCUT2D eigenvalue weighted by Gasteiger charge is -2.34. The first-order valence-corrected chi connectivity index (χ1v) is 8.40. The molecule has 0 aromatic carbocycles. The summed E-state index contributed by atoms with van der Waals surface area (Å²) < 4.78 is 1.47.